The van der Waals surface area contributed by atoms with Gasteiger partial charge in [0.1, 0.15) is 0 Å². The summed E-state index contributed by atoms with van der Waals surface area (Å²) in [6.45, 7) is 3.61. The van der Waals surface area contributed by atoms with E-state index in [0.29, 0.717) is 18.5 Å². The van der Waals surface area contributed by atoms with Crippen LogP contribution < -0.4 is 16.8 Å². The molecule has 0 heterocycles. The van der Waals surface area contributed by atoms with Crippen LogP contribution in [0.25, 0.3) is 0 Å². The molecule has 0 fully saturated rings. The minimum absolute atomic E-state index is 0.0617. The highest BCUT2D eigenvalue weighted by molar-refractivity contribution is 5.90. The summed E-state index contributed by atoms with van der Waals surface area (Å²) >= 11 is 0. The summed E-state index contributed by atoms with van der Waals surface area (Å²) in [6, 6.07) is 9.33. The number of hydrogen-bond acceptors (Lipinski definition) is 3. The van der Waals surface area contributed by atoms with Crippen molar-refractivity contribution in [1.29, 1.82) is 0 Å². The van der Waals surface area contributed by atoms with Crippen molar-refractivity contribution in [2.24, 2.45) is 11.5 Å². The highest BCUT2D eigenvalue weighted by Gasteiger charge is 2.01. The van der Waals surface area contributed by atoms with Crippen molar-refractivity contribution in [2.45, 2.75) is 38.1 Å². The first-order valence-corrected chi connectivity index (χ1v) is 7.29. The van der Waals surface area contributed by atoms with Crippen LogP contribution in [-0.4, -0.2) is 11.9 Å². The standard InChI is InChI=1S/C17H25N3O/c1-14(18)16(19)12-8-3-2-4-9-13-17(21)20-15-10-6-5-7-11-15/h3,5-8,10-11,16H,1-2,4,9,12-13,18-19H2,(H,20,21)/b8-3+/t16-/m1/s1. The molecule has 1 aromatic rings. The van der Waals surface area contributed by atoms with E-state index in [1.54, 1.807) is 0 Å². The van der Waals surface area contributed by atoms with Crippen LogP contribution in [0.2, 0.25) is 0 Å². The molecule has 0 spiro atoms. The second-order valence-corrected chi connectivity index (χ2v) is 5.05. The van der Waals surface area contributed by atoms with Gasteiger partial charge in [-0.3, -0.25) is 4.79 Å². The van der Waals surface area contributed by atoms with E-state index in [1.807, 2.05) is 36.4 Å². The van der Waals surface area contributed by atoms with E-state index in [0.717, 1.165) is 24.9 Å². The number of benzene rings is 1. The van der Waals surface area contributed by atoms with E-state index in [4.69, 9.17) is 11.5 Å². The number of carbonyl (C=O) groups is 1. The Balaban J connectivity index is 2.07. The minimum Gasteiger partial charge on any atom is -0.401 e. The fourth-order valence-electron chi connectivity index (χ4n) is 1.80. The summed E-state index contributed by atoms with van der Waals surface area (Å²) < 4.78 is 0. The third kappa shape index (κ3) is 7.95. The van der Waals surface area contributed by atoms with E-state index >= 15 is 0 Å². The lowest BCUT2D eigenvalue weighted by atomic mass is 10.1. The Bertz CT molecular complexity index is 468. The van der Waals surface area contributed by atoms with Crippen LogP contribution in [-0.2, 0) is 4.79 Å². The summed E-state index contributed by atoms with van der Waals surface area (Å²) in [4.78, 5) is 11.7. The number of carbonyl (C=O) groups excluding carboxylic acids is 1. The van der Waals surface area contributed by atoms with Gasteiger partial charge in [-0.1, -0.05) is 36.9 Å². The van der Waals surface area contributed by atoms with Gasteiger partial charge in [-0.15, -0.1) is 0 Å². The maximum Gasteiger partial charge on any atom is 0.224 e. The predicted octanol–water partition coefficient (Wildman–Crippen LogP) is 2.93. The fraction of sp³-hybridized carbons (Fsp3) is 0.353. The summed E-state index contributed by atoms with van der Waals surface area (Å²) in [6.07, 6.45) is 8.16. The number of nitrogens with one attached hydrogen (secondary N) is 1. The van der Waals surface area contributed by atoms with Gasteiger partial charge in [-0.25, -0.2) is 0 Å². The molecule has 0 saturated heterocycles. The summed E-state index contributed by atoms with van der Waals surface area (Å²) in [7, 11) is 0. The molecule has 5 N–H and O–H groups in total. The molecular formula is C17H25N3O. The van der Waals surface area contributed by atoms with Crippen LogP contribution in [0.1, 0.15) is 32.1 Å². The number of hydrogen-bond donors (Lipinski definition) is 3. The molecule has 0 aliphatic carbocycles. The van der Waals surface area contributed by atoms with E-state index in [1.165, 1.54) is 0 Å². The summed E-state index contributed by atoms with van der Waals surface area (Å²) in [5.74, 6) is 0.0617. The van der Waals surface area contributed by atoms with Crippen LogP contribution in [0.3, 0.4) is 0 Å². The Morgan fingerprint density at radius 3 is 2.62 bits per heavy atom. The lowest BCUT2D eigenvalue weighted by Crippen LogP contribution is -2.25. The average Bonchev–Trinajstić information content (AvgIpc) is 2.46. The van der Waals surface area contributed by atoms with E-state index in [2.05, 4.69) is 18.0 Å². The molecule has 21 heavy (non-hydrogen) atoms. The van der Waals surface area contributed by atoms with Crippen molar-refractivity contribution in [2.75, 3.05) is 5.32 Å². The number of nitrogens with two attached hydrogens (primary N) is 2. The molecule has 0 aromatic heterocycles. The topological polar surface area (TPSA) is 81.1 Å². The normalized spacial score (nSPS) is 12.2. The Morgan fingerprint density at radius 1 is 1.24 bits per heavy atom. The number of amides is 1. The monoisotopic (exact) mass is 287 g/mol. The molecule has 4 heteroatoms. The van der Waals surface area contributed by atoms with Gasteiger partial charge in [0.2, 0.25) is 5.91 Å². The zero-order valence-corrected chi connectivity index (χ0v) is 12.4. The quantitative estimate of drug-likeness (QED) is 0.482. The Labute approximate surface area is 126 Å². The van der Waals surface area contributed by atoms with Gasteiger partial charge >= 0.3 is 0 Å². The number of unbranched alkanes of at least 4 members (excludes halogenated alkanes) is 2. The Morgan fingerprint density at radius 2 is 1.95 bits per heavy atom. The smallest absolute Gasteiger partial charge is 0.224 e. The first-order chi connectivity index (χ1) is 10.1. The first-order valence-electron chi connectivity index (χ1n) is 7.29. The van der Waals surface area contributed by atoms with Gasteiger partial charge in [0.25, 0.3) is 0 Å². The van der Waals surface area contributed by atoms with Crippen molar-refractivity contribution >= 4 is 11.6 Å². The van der Waals surface area contributed by atoms with E-state index in [9.17, 15) is 4.79 Å². The van der Waals surface area contributed by atoms with Crippen LogP contribution in [0.15, 0.2) is 54.8 Å². The molecule has 1 aromatic carbocycles. The lowest BCUT2D eigenvalue weighted by Gasteiger charge is -2.06. The molecule has 1 rings (SSSR count). The van der Waals surface area contributed by atoms with Crippen LogP contribution in [0.4, 0.5) is 5.69 Å². The average molecular weight is 287 g/mol. The Kier molecular flexibility index (Phi) is 7.90. The van der Waals surface area contributed by atoms with Gasteiger partial charge in [0.05, 0.1) is 0 Å². The molecule has 0 aliphatic rings. The molecule has 0 radical (unpaired) electrons. The summed E-state index contributed by atoms with van der Waals surface area (Å²) in [5, 5.41) is 2.87. The largest absolute Gasteiger partial charge is 0.401 e. The van der Waals surface area contributed by atoms with Gasteiger partial charge in [-0.2, -0.15) is 0 Å². The summed E-state index contributed by atoms with van der Waals surface area (Å²) in [5.41, 5.74) is 12.6. The Hall–Kier alpha value is -2.07. The molecule has 0 unspecified atom stereocenters. The molecule has 0 saturated carbocycles. The highest BCUT2D eigenvalue weighted by atomic mass is 16.1. The minimum atomic E-state index is -0.169. The van der Waals surface area contributed by atoms with Crippen molar-refractivity contribution in [3.8, 4) is 0 Å². The van der Waals surface area contributed by atoms with Crippen molar-refractivity contribution in [3.63, 3.8) is 0 Å². The van der Waals surface area contributed by atoms with E-state index in [-0.39, 0.29) is 11.9 Å². The van der Waals surface area contributed by atoms with Crippen molar-refractivity contribution in [3.05, 3.63) is 54.8 Å². The first kappa shape index (κ1) is 17.0. The van der Waals surface area contributed by atoms with Crippen molar-refractivity contribution in [1.82, 2.24) is 0 Å². The number of anilines is 1. The molecule has 0 bridgehead atoms. The molecular weight excluding hydrogens is 262 g/mol. The number of para-hydroxylation sites is 1. The zero-order chi connectivity index (χ0) is 15.5. The van der Waals surface area contributed by atoms with Crippen LogP contribution in [0, 0.1) is 0 Å². The lowest BCUT2D eigenvalue weighted by molar-refractivity contribution is -0.116. The molecule has 1 amide bonds. The van der Waals surface area contributed by atoms with Gasteiger partial charge in [-0.05, 0) is 37.8 Å². The zero-order valence-electron chi connectivity index (χ0n) is 12.4. The van der Waals surface area contributed by atoms with Crippen LogP contribution in [0.5, 0.6) is 0 Å². The second kappa shape index (κ2) is 9.77. The van der Waals surface area contributed by atoms with Gasteiger partial charge in [0, 0.05) is 23.8 Å². The number of rotatable bonds is 9. The highest BCUT2D eigenvalue weighted by Crippen LogP contribution is 2.08. The predicted molar refractivity (Wildman–Crippen MR) is 88.6 cm³/mol. The second-order valence-electron chi connectivity index (χ2n) is 5.05. The third-order valence-corrected chi connectivity index (χ3v) is 3.12. The maximum atomic E-state index is 11.7. The van der Waals surface area contributed by atoms with E-state index < -0.39 is 0 Å². The molecule has 114 valence electrons. The molecule has 0 aliphatic heterocycles. The van der Waals surface area contributed by atoms with Crippen LogP contribution >= 0.6 is 0 Å². The van der Waals surface area contributed by atoms with Crippen molar-refractivity contribution < 1.29 is 4.79 Å². The molecule has 1 atom stereocenters. The molecule has 4 nitrogen and oxygen atoms in total. The third-order valence-electron chi connectivity index (χ3n) is 3.12. The SMILES string of the molecule is C=C(N)[C@H](N)C/C=C/CCCCC(=O)Nc1ccccc1. The van der Waals surface area contributed by atoms with Gasteiger partial charge < -0.3 is 16.8 Å². The van der Waals surface area contributed by atoms with Gasteiger partial charge in [0.15, 0.2) is 0 Å². The fourth-order valence-corrected chi connectivity index (χ4v) is 1.80. The maximum absolute atomic E-state index is 11.7. The number of allylic oxidation sites excluding steroid dienone is 1.